The van der Waals surface area contributed by atoms with E-state index in [4.69, 9.17) is 14.2 Å². The molecule has 0 radical (unpaired) electrons. The zero-order chi connectivity index (χ0) is 18.9. The lowest BCUT2D eigenvalue weighted by molar-refractivity contribution is 0.0584. The van der Waals surface area contributed by atoms with E-state index >= 15 is 0 Å². The number of anilines is 1. The van der Waals surface area contributed by atoms with Gasteiger partial charge in [0.05, 0.1) is 19.9 Å². The summed E-state index contributed by atoms with van der Waals surface area (Å²) in [5.74, 6) is 1.33. The quantitative estimate of drug-likeness (QED) is 0.803. The number of nitrogens with zero attached hydrogens (tertiary/aromatic N) is 1. The van der Waals surface area contributed by atoms with Gasteiger partial charge in [-0.3, -0.25) is 4.90 Å². The fourth-order valence-electron chi connectivity index (χ4n) is 3.19. The largest absolute Gasteiger partial charge is 0.493 e. The van der Waals surface area contributed by atoms with Gasteiger partial charge in [0.2, 0.25) is 0 Å². The molecule has 0 spiro atoms. The summed E-state index contributed by atoms with van der Waals surface area (Å²) in [4.78, 5) is 14.4. The molecule has 0 saturated carbocycles. The van der Waals surface area contributed by atoms with Crippen molar-refractivity contribution in [3.63, 3.8) is 0 Å². The molecule has 0 aromatic heterocycles. The third kappa shape index (κ3) is 3.47. The maximum absolute atomic E-state index is 12.7. The molecule has 0 unspecified atom stereocenters. The van der Waals surface area contributed by atoms with Crippen molar-refractivity contribution in [3.8, 4) is 22.6 Å². The molecule has 3 rings (SSSR count). The van der Waals surface area contributed by atoms with Crippen molar-refractivity contribution in [1.82, 2.24) is 0 Å². The van der Waals surface area contributed by atoms with Crippen LogP contribution in [0.3, 0.4) is 0 Å². The second-order valence-corrected chi connectivity index (χ2v) is 7.27. The van der Waals surface area contributed by atoms with Crippen LogP contribution in [0.15, 0.2) is 36.4 Å². The van der Waals surface area contributed by atoms with Crippen molar-refractivity contribution in [2.45, 2.75) is 32.8 Å². The maximum Gasteiger partial charge on any atom is 0.414 e. The standard InChI is InChI=1S/C21H25NO4/c1-21(2,3)26-20(23)22-12-11-14-7-6-8-16(19(14)22)15-9-10-17(24-4)18(13-15)25-5/h6-10,13H,11-12H2,1-5H3. The normalized spacial score (nSPS) is 13.3. The minimum atomic E-state index is -0.530. The highest BCUT2D eigenvalue weighted by Gasteiger charge is 2.31. The monoisotopic (exact) mass is 355 g/mol. The zero-order valence-electron chi connectivity index (χ0n) is 16.0. The number of carbonyl (C=O) groups excluding carboxylic acids is 1. The first-order chi connectivity index (χ1) is 12.3. The molecule has 1 heterocycles. The van der Waals surface area contributed by atoms with Crippen molar-refractivity contribution >= 4 is 11.8 Å². The number of ether oxygens (including phenoxy) is 3. The van der Waals surface area contributed by atoms with E-state index in [0.717, 1.165) is 28.8 Å². The summed E-state index contributed by atoms with van der Waals surface area (Å²) < 4.78 is 16.3. The topological polar surface area (TPSA) is 48.0 Å². The number of hydrogen-bond donors (Lipinski definition) is 0. The van der Waals surface area contributed by atoms with Crippen LogP contribution in [0.25, 0.3) is 11.1 Å². The number of fused-ring (bicyclic) bond motifs is 1. The Balaban J connectivity index is 2.04. The van der Waals surface area contributed by atoms with E-state index in [-0.39, 0.29) is 6.09 Å². The molecule has 138 valence electrons. The summed E-state index contributed by atoms with van der Waals surface area (Å²) in [7, 11) is 3.23. The van der Waals surface area contributed by atoms with E-state index < -0.39 is 5.60 Å². The van der Waals surface area contributed by atoms with Gasteiger partial charge in [0.1, 0.15) is 5.60 Å². The number of amides is 1. The minimum absolute atomic E-state index is 0.316. The maximum atomic E-state index is 12.7. The van der Waals surface area contributed by atoms with Crippen molar-refractivity contribution in [3.05, 3.63) is 42.0 Å². The van der Waals surface area contributed by atoms with E-state index in [1.165, 1.54) is 0 Å². The van der Waals surface area contributed by atoms with Gasteiger partial charge in [-0.15, -0.1) is 0 Å². The Kier molecular flexibility index (Phi) is 4.81. The second-order valence-electron chi connectivity index (χ2n) is 7.27. The number of methoxy groups -OCH3 is 2. The van der Waals surface area contributed by atoms with Gasteiger partial charge in [0.25, 0.3) is 0 Å². The van der Waals surface area contributed by atoms with Gasteiger partial charge in [0.15, 0.2) is 11.5 Å². The van der Waals surface area contributed by atoms with Gasteiger partial charge in [-0.1, -0.05) is 24.3 Å². The Hall–Kier alpha value is -2.69. The number of para-hydroxylation sites is 1. The average Bonchev–Trinajstić information content (AvgIpc) is 3.04. The first-order valence-electron chi connectivity index (χ1n) is 8.69. The molecule has 2 aromatic rings. The van der Waals surface area contributed by atoms with Crippen molar-refractivity contribution in [1.29, 1.82) is 0 Å². The highest BCUT2D eigenvalue weighted by molar-refractivity contribution is 5.97. The van der Waals surface area contributed by atoms with Gasteiger partial charge in [-0.2, -0.15) is 0 Å². The number of rotatable bonds is 3. The smallest absolute Gasteiger partial charge is 0.414 e. The summed E-state index contributed by atoms with van der Waals surface area (Å²) in [6.07, 6.45) is 0.500. The third-order valence-corrected chi connectivity index (χ3v) is 4.30. The van der Waals surface area contributed by atoms with Gasteiger partial charge in [-0.05, 0) is 50.5 Å². The van der Waals surface area contributed by atoms with E-state index in [1.54, 1.807) is 19.1 Å². The molecule has 1 aliphatic heterocycles. The Labute approximate surface area is 154 Å². The van der Waals surface area contributed by atoms with Crippen molar-refractivity contribution < 1.29 is 19.0 Å². The summed E-state index contributed by atoms with van der Waals surface area (Å²) in [5, 5.41) is 0. The Morgan fingerprint density at radius 2 is 1.77 bits per heavy atom. The highest BCUT2D eigenvalue weighted by Crippen LogP contribution is 2.41. The Morgan fingerprint density at radius 3 is 2.42 bits per heavy atom. The van der Waals surface area contributed by atoms with Crippen LogP contribution in [0.5, 0.6) is 11.5 Å². The first kappa shape index (κ1) is 18.1. The van der Waals surface area contributed by atoms with Crippen LogP contribution in [-0.2, 0) is 11.2 Å². The molecule has 0 aliphatic carbocycles. The molecule has 2 aromatic carbocycles. The van der Waals surface area contributed by atoms with E-state index in [9.17, 15) is 4.79 Å². The van der Waals surface area contributed by atoms with Gasteiger partial charge >= 0.3 is 6.09 Å². The predicted octanol–water partition coefficient (Wildman–Crippen LogP) is 4.67. The van der Waals surface area contributed by atoms with E-state index in [1.807, 2.05) is 51.1 Å². The summed E-state index contributed by atoms with van der Waals surface area (Å²) in [6, 6.07) is 11.9. The van der Waals surface area contributed by atoms with Gasteiger partial charge in [0, 0.05) is 12.1 Å². The van der Waals surface area contributed by atoms with E-state index in [0.29, 0.717) is 18.0 Å². The highest BCUT2D eigenvalue weighted by atomic mass is 16.6. The van der Waals surface area contributed by atoms with Crippen molar-refractivity contribution in [2.75, 3.05) is 25.7 Å². The summed E-state index contributed by atoms with van der Waals surface area (Å²) in [6.45, 7) is 6.25. The van der Waals surface area contributed by atoms with E-state index in [2.05, 4.69) is 6.07 Å². The van der Waals surface area contributed by atoms with Crippen LogP contribution in [-0.4, -0.2) is 32.5 Å². The third-order valence-electron chi connectivity index (χ3n) is 4.30. The fraction of sp³-hybridized carbons (Fsp3) is 0.381. The van der Waals surface area contributed by atoms with Crippen LogP contribution in [0.1, 0.15) is 26.3 Å². The molecule has 1 aliphatic rings. The molecule has 0 bridgehead atoms. The minimum Gasteiger partial charge on any atom is -0.493 e. The molecule has 5 heteroatoms. The summed E-state index contributed by atoms with van der Waals surface area (Å²) in [5.41, 5.74) is 3.47. The summed E-state index contributed by atoms with van der Waals surface area (Å²) >= 11 is 0. The van der Waals surface area contributed by atoms with Crippen LogP contribution >= 0.6 is 0 Å². The van der Waals surface area contributed by atoms with Gasteiger partial charge in [-0.25, -0.2) is 4.79 Å². The van der Waals surface area contributed by atoms with Crippen LogP contribution in [0.2, 0.25) is 0 Å². The van der Waals surface area contributed by atoms with Crippen LogP contribution in [0.4, 0.5) is 10.5 Å². The molecule has 26 heavy (non-hydrogen) atoms. The number of hydrogen-bond acceptors (Lipinski definition) is 4. The SMILES string of the molecule is COc1ccc(-c2cccc3c2N(C(=O)OC(C)(C)C)CC3)cc1OC. The van der Waals surface area contributed by atoms with Gasteiger partial charge < -0.3 is 14.2 Å². The molecule has 5 nitrogen and oxygen atoms in total. The molecular weight excluding hydrogens is 330 g/mol. The van der Waals surface area contributed by atoms with Crippen molar-refractivity contribution in [2.24, 2.45) is 0 Å². The first-order valence-corrected chi connectivity index (χ1v) is 8.69. The predicted molar refractivity (Wildman–Crippen MR) is 102 cm³/mol. The Bertz CT molecular complexity index is 823. The van der Waals surface area contributed by atoms with Crippen LogP contribution in [0, 0.1) is 0 Å². The Morgan fingerprint density at radius 1 is 1.04 bits per heavy atom. The molecule has 1 amide bonds. The molecular formula is C21H25NO4. The lowest BCUT2D eigenvalue weighted by atomic mass is 10.00. The molecule has 0 fully saturated rings. The number of carbonyl (C=O) groups is 1. The molecule has 0 N–H and O–H groups in total. The molecule has 0 atom stereocenters. The lowest BCUT2D eigenvalue weighted by Gasteiger charge is -2.26. The zero-order valence-corrected chi connectivity index (χ0v) is 16.0. The molecule has 0 saturated heterocycles. The fourth-order valence-corrected chi connectivity index (χ4v) is 3.19. The lowest BCUT2D eigenvalue weighted by Crippen LogP contribution is -2.35. The average molecular weight is 355 g/mol. The number of benzene rings is 2. The second kappa shape index (κ2) is 6.90. The van der Waals surface area contributed by atoms with Crippen LogP contribution < -0.4 is 14.4 Å².